The van der Waals surface area contributed by atoms with Gasteiger partial charge in [0.05, 0.1) is 11.0 Å². The zero-order valence-electron chi connectivity index (χ0n) is 16.5. The molecule has 0 unspecified atom stereocenters. The van der Waals surface area contributed by atoms with Gasteiger partial charge >= 0.3 is 0 Å². The minimum absolute atomic E-state index is 0.154. The number of hydrogen-bond donors (Lipinski definition) is 2. The highest BCUT2D eigenvalue weighted by atomic mass is 32.1. The Labute approximate surface area is 174 Å². The molecule has 0 atom stereocenters. The lowest BCUT2D eigenvalue weighted by Gasteiger charge is -2.29. The summed E-state index contributed by atoms with van der Waals surface area (Å²) in [7, 11) is 0. The van der Waals surface area contributed by atoms with E-state index in [0.29, 0.717) is 22.4 Å². The fraction of sp³-hybridized carbons (Fsp3) is 0.348. The summed E-state index contributed by atoms with van der Waals surface area (Å²) >= 11 is 1.33. The van der Waals surface area contributed by atoms with E-state index in [1.54, 1.807) is 13.0 Å². The number of aliphatic hydroxyl groups is 1. The van der Waals surface area contributed by atoms with E-state index in [1.165, 1.54) is 23.0 Å². The van der Waals surface area contributed by atoms with Gasteiger partial charge in [-0.1, -0.05) is 30.3 Å². The van der Waals surface area contributed by atoms with E-state index in [9.17, 15) is 14.3 Å². The number of aliphatic hydroxyl groups excluding tert-OH is 1. The maximum atomic E-state index is 14.1. The lowest BCUT2D eigenvalue weighted by molar-refractivity contribution is 0.0792. The van der Waals surface area contributed by atoms with Crippen LogP contribution in [0.5, 0.6) is 0 Å². The molecule has 1 saturated heterocycles. The van der Waals surface area contributed by atoms with Gasteiger partial charge in [-0.15, -0.1) is 11.3 Å². The third kappa shape index (κ3) is 4.50. The molecule has 1 aromatic heterocycles. The molecular formula is C23H25FN2O2S. The molecule has 1 fully saturated rings. The van der Waals surface area contributed by atoms with Crippen molar-refractivity contribution in [1.82, 2.24) is 10.2 Å². The van der Waals surface area contributed by atoms with Crippen LogP contribution < -0.4 is 5.32 Å². The first-order valence-corrected chi connectivity index (χ1v) is 10.8. The van der Waals surface area contributed by atoms with Crippen LogP contribution in [0.2, 0.25) is 0 Å². The van der Waals surface area contributed by atoms with Crippen molar-refractivity contribution in [3.8, 4) is 0 Å². The SMILES string of the molecule is Cc1c(C(=O)NCc2ccc(CN3CCC(O)CC3)cc2)sc2cccc(F)c12. The van der Waals surface area contributed by atoms with Gasteiger partial charge in [0.15, 0.2) is 0 Å². The average molecular weight is 413 g/mol. The van der Waals surface area contributed by atoms with Crippen LogP contribution in [0.1, 0.15) is 39.2 Å². The number of likely N-dealkylation sites (tertiary alicyclic amines) is 1. The molecule has 2 N–H and O–H groups in total. The normalized spacial score (nSPS) is 15.7. The number of piperidine rings is 1. The van der Waals surface area contributed by atoms with E-state index < -0.39 is 0 Å². The van der Waals surface area contributed by atoms with Crippen molar-refractivity contribution in [2.24, 2.45) is 0 Å². The number of thiophene rings is 1. The predicted molar refractivity (Wildman–Crippen MR) is 115 cm³/mol. The van der Waals surface area contributed by atoms with Crippen molar-refractivity contribution in [2.75, 3.05) is 13.1 Å². The largest absolute Gasteiger partial charge is 0.393 e. The highest BCUT2D eigenvalue weighted by molar-refractivity contribution is 7.21. The third-order valence-corrected chi connectivity index (χ3v) is 6.80. The molecule has 2 aromatic carbocycles. The topological polar surface area (TPSA) is 52.6 Å². The van der Waals surface area contributed by atoms with Gasteiger partial charge in [0.25, 0.3) is 5.91 Å². The number of rotatable bonds is 5. The fourth-order valence-corrected chi connectivity index (χ4v) is 4.97. The number of benzene rings is 2. The maximum absolute atomic E-state index is 14.1. The summed E-state index contributed by atoms with van der Waals surface area (Å²) in [6, 6.07) is 13.2. The van der Waals surface area contributed by atoms with E-state index in [2.05, 4.69) is 22.3 Å². The number of carbonyl (C=O) groups excluding carboxylic acids is 1. The molecule has 152 valence electrons. The summed E-state index contributed by atoms with van der Waals surface area (Å²) in [6.07, 6.45) is 1.52. The quantitative estimate of drug-likeness (QED) is 0.659. The lowest BCUT2D eigenvalue weighted by atomic mass is 10.1. The number of carbonyl (C=O) groups is 1. The van der Waals surface area contributed by atoms with E-state index in [-0.39, 0.29) is 17.8 Å². The minimum atomic E-state index is -0.283. The Hall–Kier alpha value is -2.28. The number of aryl methyl sites for hydroxylation is 1. The van der Waals surface area contributed by atoms with Crippen LogP contribution in [0.3, 0.4) is 0 Å². The van der Waals surface area contributed by atoms with Gasteiger partial charge in [0, 0.05) is 36.3 Å². The highest BCUT2D eigenvalue weighted by Crippen LogP contribution is 2.32. The molecule has 0 radical (unpaired) electrons. The second kappa shape index (κ2) is 8.61. The van der Waals surface area contributed by atoms with E-state index >= 15 is 0 Å². The molecule has 29 heavy (non-hydrogen) atoms. The molecule has 4 nitrogen and oxygen atoms in total. The maximum Gasteiger partial charge on any atom is 0.261 e. The second-order valence-corrected chi connectivity index (χ2v) is 8.73. The van der Waals surface area contributed by atoms with Gasteiger partial charge in [-0.3, -0.25) is 9.69 Å². The fourth-order valence-electron chi connectivity index (χ4n) is 3.83. The monoisotopic (exact) mass is 412 g/mol. The zero-order chi connectivity index (χ0) is 20.4. The number of hydrogen-bond acceptors (Lipinski definition) is 4. The van der Waals surface area contributed by atoms with E-state index in [1.807, 2.05) is 18.2 Å². The Morgan fingerprint density at radius 1 is 1.17 bits per heavy atom. The smallest absolute Gasteiger partial charge is 0.261 e. The molecule has 1 amide bonds. The Morgan fingerprint density at radius 2 is 1.86 bits per heavy atom. The molecule has 3 aromatic rings. The molecule has 6 heteroatoms. The molecular weight excluding hydrogens is 387 g/mol. The summed E-state index contributed by atoms with van der Waals surface area (Å²) in [6.45, 7) is 4.96. The van der Waals surface area contributed by atoms with Crippen molar-refractivity contribution in [3.63, 3.8) is 0 Å². The van der Waals surface area contributed by atoms with Gasteiger partial charge in [-0.05, 0) is 48.6 Å². The van der Waals surface area contributed by atoms with Gasteiger partial charge in [-0.25, -0.2) is 4.39 Å². The molecule has 0 bridgehead atoms. The Bertz CT molecular complexity index is 1010. The number of fused-ring (bicyclic) bond motifs is 1. The molecule has 2 heterocycles. The standard InChI is InChI=1S/C23H25FN2O2S/c1-15-21-19(24)3-2-4-20(21)29-22(15)23(28)25-13-16-5-7-17(8-6-16)14-26-11-9-18(27)10-12-26/h2-8,18,27H,9-14H2,1H3,(H,25,28). The highest BCUT2D eigenvalue weighted by Gasteiger charge is 2.18. The van der Waals surface area contributed by atoms with Crippen LogP contribution >= 0.6 is 11.3 Å². The molecule has 0 saturated carbocycles. The number of nitrogens with zero attached hydrogens (tertiary/aromatic N) is 1. The summed E-state index contributed by atoms with van der Waals surface area (Å²) in [5.74, 6) is -0.451. The van der Waals surface area contributed by atoms with Gasteiger partial charge in [0.1, 0.15) is 5.82 Å². The summed E-state index contributed by atoms with van der Waals surface area (Å²) in [5.41, 5.74) is 2.95. The molecule has 0 aliphatic carbocycles. The first-order valence-electron chi connectivity index (χ1n) is 9.95. The van der Waals surface area contributed by atoms with E-state index in [4.69, 9.17) is 0 Å². The zero-order valence-corrected chi connectivity index (χ0v) is 17.3. The predicted octanol–water partition coefficient (Wildman–Crippen LogP) is 4.24. The second-order valence-electron chi connectivity index (χ2n) is 7.68. The summed E-state index contributed by atoms with van der Waals surface area (Å²) in [5, 5.41) is 13.1. The van der Waals surface area contributed by atoms with Gasteiger partial charge in [0.2, 0.25) is 0 Å². The van der Waals surface area contributed by atoms with Gasteiger partial charge < -0.3 is 10.4 Å². The van der Waals surface area contributed by atoms with Crippen LogP contribution in [0, 0.1) is 12.7 Å². The Balaban J connectivity index is 1.36. The number of halogens is 1. The van der Waals surface area contributed by atoms with Crippen molar-refractivity contribution in [1.29, 1.82) is 0 Å². The molecule has 0 spiro atoms. The van der Waals surface area contributed by atoms with Gasteiger partial charge in [-0.2, -0.15) is 0 Å². The van der Waals surface area contributed by atoms with Crippen molar-refractivity contribution < 1.29 is 14.3 Å². The van der Waals surface area contributed by atoms with Crippen molar-refractivity contribution in [3.05, 3.63) is 69.8 Å². The Morgan fingerprint density at radius 3 is 2.55 bits per heavy atom. The van der Waals surface area contributed by atoms with Crippen LogP contribution in [-0.2, 0) is 13.1 Å². The van der Waals surface area contributed by atoms with Crippen LogP contribution in [0.4, 0.5) is 4.39 Å². The van der Waals surface area contributed by atoms with E-state index in [0.717, 1.165) is 42.7 Å². The first kappa shape index (κ1) is 20.0. The molecule has 1 aliphatic heterocycles. The number of nitrogens with one attached hydrogen (secondary N) is 1. The lowest BCUT2D eigenvalue weighted by Crippen LogP contribution is -2.35. The molecule has 4 rings (SSSR count). The minimum Gasteiger partial charge on any atom is -0.393 e. The summed E-state index contributed by atoms with van der Waals surface area (Å²) < 4.78 is 14.9. The third-order valence-electron chi connectivity index (χ3n) is 5.55. The van der Waals surface area contributed by atoms with Crippen LogP contribution in [-0.4, -0.2) is 35.1 Å². The average Bonchev–Trinajstić information content (AvgIpc) is 3.07. The first-order chi connectivity index (χ1) is 14.0. The molecule has 1 aliphatic rings. The Kier molecular flexibility index (Phi) is 5.94. The van der Waals surface area contributed by atoms with Crippen molar-refractivity contribution >= 4 is 27.3 Å². The van der Waals surface area contributed by atoms with Crippen molar-refractivity contribution in [2.45, 2.75) is 39.0 Å². The number of amides is 1. The van der Waals surface area contributed by atoms with Crippen LogP contribution in [0.25, 0.3) is 10.1 Å². The summed E-state index contributed by atoms with van der Waals surface area (Å²) in [4.78, 5) is 15.5. The van der Waals surface area contributed by atoms with Crippen LogP contribution in [0.15, 0.2) is 42.5 Å².